The van der Waals surface area contributed by atoms with Crippen LogP contribution < -0.4 is 14.8 Å². The number of amides is 3. The average Bonchev–Trinajstić information content (AvgIpc) is 2.98. The van der Waals surface area contributed by atoms with Gasteiger partial charge in [-0.05, 0) is 66.8 Å². The molecule has 2 aromatic rings. The molecule has 1 heterocycles. The first-order chi connectivity index (χ1) is 14.4. The zero-order valence-corrected chi connectivity index (χ0v) is 17.3. The number of benzene rings is 2. The van der Waals surface area contributed by atoms with Gasteiger partial charge >= 0.3 is 6.03 Å². The first kappa shape index (κ1) is 20.5. The molecule has 0 bridgehead atoms. The normalized spacial score (nSPS) is 21.4. The van der Waals surface area contributed by atoms with Gasteiger partial charge in [-0.15, -0.1) is 0 Å². The molecular weight excluding hydrogens is 408 g/mol. The average molecular weight is 431 g/mol. The Bertz CT molecular complexity index is 965. The van der Waals surface area contributed by atoms with Crippen LogP contribution in [0.1, 0.15) is 24.0 Å². The van der Waals surface area contributed by atoms with E-state index in [4.69, 9.17) is 21.1 Å². The monoisotopic (exact) mass is 430 g/mol. The molecule has 0 saturated carbocycles. The van der Waals surface area contributed by atoms with E-state index in [1.54, 1.807) is 37.4 Å². The van der Waals surface area contributed by atoms with Crippen LogP contribution in [0.15, 0.2) is 42.5 Å². The van der Waals surface area contributed by atoms with Gasteiger partial charge in [-0.25, -0.2) is 4.79 Å². The maximum atomic E-state index is 13.3. The first-order valence-electron chi connectivity index (χ1n) is 9.81. The second-order valence-corrected chi connectivity index (χ2v) is 7.98. The summed E-state index contributed by atoms with van der Waals surface area (Å²) in [5.74, 6) is 0.917. The summed E-state index contributed by atoms with van der Waals surface area (Å²) in [6.45, 7) is -0.203. The summed E-state index contributed by atoms with van der Waals surface area (Å²) in [4.78, 5) is 27.0. The van der Waals surface area contributed by atoms with E-state index in [9.17, 15) is 14.7 Å². The smallest absolute Gasteiger partial charge is 0.325 e. The molecule has 158 valence electrons. The van der Waals surface area contributed by atoms with Crippen molar-refractivity contribution in [3.8, 4) is 11.5 Å². The van der Waals surface area contributed by atoms with E-state index in [1.165, 1.54) is 0 Å². The van der Waals surface area contributed by atoms with Crippen molar-refractivity contribution in [2.75, 3.05) is 20.3 Å². The highest BCUT2D eigenvalue weighted by molar-refractivity contribution is 6.30. The predicted octanol–water partition coefficient (Wildman–Crippen LogP) is 2.87. The lowest BCUT2D eigenvalue weighted by Crippen LogP contribution is -2.47. The number of hydrogen-bond donors (Lipinski definition) is 2. The lowest BCUT2D eigenvalue weighted by molar-refractivity contribution is -0.133. The van der Waals surface area contributed by atoms with Crippen LogP contribution in [0.4, 0.5) is 4.79 Å². The number of methoxy groups -OCH3 is 1. The van der Waals surface area contributed by atoms with Crippen molar-refractivity contribution in [2.45, 2.75) is 30.9 Å². The van der Waals surface area contributed by atoms with E-state index in [0.29, 0.717) is 22.9 Å². The number of carbonyl (C=O) groups is 2. The number of hydrogen-bond acceptors (Lipinski definition) is 5. The molecule has 0 radical (unpaired) electrons. The Morgan fingerprint density at radius 1 is 1.20 bits per heavy atom. The largest absolute Gasteiger partial charge is 0.497 e. The molecule has 4 rings (SSSR count). The van der Waals surface area contributed by atoms with Gasteiger partial charge in [0.1, 0.15) is 29.7 Å². The lowest BCUT2D eigenvalue weighted by atomic mass is 9.76. The molecule has 7 nitrogen and oxygen atoms in total. The van der Waals surface area contributed by atoms with Crippen LogP contribution in [0.3, 0.4) is 0 Å². The van der Waals surface area contributed by atoms with Crippen LogP contribution in [0.2, 0.25) is 5.02 Å². The van der Waals surface area contributed by atoms with Crippen LogP contribution in [0, 0.1) is 0 Å². The summed E-state index contributed by atoms with van der Waals surface area (Å²) < 4.78 is 10.8. The molecule has 8 heteroatoms. The standard InChI is InChI=1S/C22H23ClN2O5/c1-29-18-8-9-19-14(11-18)3-2-10-22(19)20(27)25(21(28)24-22)12-16(26)13-30-17-6-4-15(23)5-7-17/h4-9,11,16,26H,2-3,10,12-13H2,1H3,(H,24,28). The van der Waals surface area contributed by atoms with E-state index < -0.39 is 17.7 Å². The Morgan fingerprint density at radius 3 is 2.67 bits per heavy atom. The number of rotatable bonds is 6. The van der Waals surface area contributed by atoms with E-state index >= 15 is 0 Å². The molecule has 30 heavy (non-hydrogen) atoms. The minimum absolute atomic E-state index is 0.0561. The third-order valence-corrected chi connectivity index (χ3v) is 5.85. The summed E-state index contributed by atoms with van der Waals surface area (Å²) in [6, 6.07) is 11.8. The first-order valence-corrected chi connectivity index (χ1v) is 10.2. The fraction of sp³-hybridized carbons (Fsp3) is 0.364. The van der Waals surface area contributed by atoms with Gasteiger partial charge in [-0.1, -0.05) is 17.7 Å². The molecule has 2 N–H and O–H groups in total. The van der Waals surface area contributed by atoms with Crippen molar-refractivity contribution in [1.82, 2.24) is 10.2 Å². The van der Waals surface area contributed by atoms with Gasteiger partial charge in [0.2, 0.25) is 0 Å². The molecule has 1 aliphatic heterocycles. The number of urea groups is 1. The molecule has 2 aliphatic rings. The van der Waals surface area contributed by atoms with Crippen molar-refractivity contribution >= 4 is 23.5 Å². The van der Waals surface area contributed by atoms with Gasteiger partial charge in [0.05, 0.1) is 13.7 Å². The Balaban J connectivity index is 1.47. The van der Waals surface area contributed by atoms with E-state index in [0.717, 1.165) is 28.9 Å². The summed E-state index contributed by atoms with van der Waals surface area (Å²) in [6.07, 6.45) is 1.08. The van der Waals surface area contributed by atoms with E-state index in [1.807, 2.05) is 12.1 Å². The lowest BCUT2D eigenvalue weighted by Gasteiger charge is -2.33. The summed E-state index contributed by atoms with van der Waals surface area (Å²) in [5.41, 5.74) is 0.693. The van der Waals surface area contributed by atoms with Crippen molar-refractivity contribution < 1.29 is 24.2 Å². The molecule has 3 amide bonds. The van der Waals surface area contributed by atoms with Gasteiger partial charge in [-0.2, -0.15) is 0 Å². The van der Waals surface area contributed by atoms with Gasteiger partial charge in [0.25, 0.3) is 5.91 Å². The zero-order chi connectivity index (χ0) is 21.3. The Hall–Kier alpha value is -2.77. The van der Waals surface area contributed by atoms with Gasteiger partial charge < -0.3 is 19.9 Å². The highest BCUT2D eigenvalue weighted by Gasteiger charge is 2.54. The van der Waals surface area contributed by atoms with Crippen LogP contribution in [0.5, 0.6) is 11.5 Å². The number of β-amino-alcohol motifs (C(OH)–C–C–N with tert-alkyl or cyclic N) is 1. The number of nitrogens with zero attached hydrogens (tertiary/aromatic N) is 1. The number of imide groups is 1. The number of carbonyl (C=O) groups excluding carboxylic acids is 2. The third kappa shape index (κ3) is 3.70. The van der Waals surface area contributed by atoms with Crippen LogP contribution in [-0.2, 0) is 16.8 Å². The second-order valence-electron chi connectivity index (χ2n) is 7.55. The molecule has 1 saturated heterocycles. The molecule has 2 atom stereocenters. The minimum atomic E-state index is -1.09. The molecule has 1 fully saturated rings. The van der Waals surface area contributed by atoms with Crippen molar-refractivity contribution in [3.63, 3.8) is 0 Å². The summed E-state index contributed by atoms with van der Waals surface area (Å²) in [7, 11) is 1.60. The molecular formula is C22H23ClN2O5. The van der Waals surface area contributed by atoms with Crippen molar-refractivity contribution in [3.05, 3.63) is 58.6 Å². The Morgan fingerprint density at radius 2 is 1.93 bits per heavy atom. The van der Waals surface area contributed by atoms with Crippen LogP contribution in [-0.4, -0.2) is 48.3 Å². The van der Waals surface area contributed by atoms with Crippen LogP contribution >= 0.6 is 11.6 Å². The predicted molar refractivity (Wildman–Crippen MR) is 111 cm³/mol. The Kier molecular flexibility index (Phi) is 5.58. The molecule has 1 aliphatic carbocycles. The number of aryl methyl sites for hydroxylation is 1. The highest BCUT2D eigenvalue weighted by Crippen LogP contribution is 2.41. The summed E-state index contributed by atoms with van der Waals surface area (Å²) in [5, 5.41) is 13.8. The topological polar surface area (TPSA) is 88.1 Å². The van der Waals surface area contributed by atoms with Crippen molar-refractivity contribution in [2.24, 2.45) is 0 Å². The third-order valence-electron chi connectivity index (χ3n) is 5.60. The number of ether oxygens (including phenoxy) is 2. The highest BCUT2D eigenvalue weighted by atomic mass is 35.5. The van der Waals surface area contributed by atoms with Crippen molar-refractivity contribution in [1.29, 1.82) is 0 Å². The number of aliphatic hydroxyl groups is 1. The zero-order valence-electron chi connectivity index (χ0n) is 16.6. The maximum absolute atomic E-state index is 13.3. The summed E-state index contributed by atoms with van der Waals surface area (Å²) >= 11 is 5.84. The maximum Gasteiger partial charge on any atom is 0.325 e. The quantitative estimate of drug-likeness (QED) is 0.688. The van der Waals surface area contributed by atoms with Gasteiger partial charge in [-0.3, -0.25) is 9.69 Å². The van der Waals surface area contributed by atoms with E-state index in [2.05, 4.69) is 5.32 Å². The molecule has 2 aromatic carbocycles. The van der Waals surface area contributed by atoms with Crippen LogP contribution in [0.25, 0.3) is 0 Å². The van der Waals surface area contributed by atoms with Gasteiger partial charge in [0.15, 0.2) is 0 Å². The number of nitrogens with one attached hydrogen (secondary N) is 1. The fourth-order valence-electron chi connectivity index (χ4n) is 4.13. The molecule has 0 aromatic heterocycles. The molecule has 1 spiro atoms. The molecule has 2 unspecified atom stereocenters. The minimum Gasteiger partial charge on any atom is -0.497 e. The SMILES string of the molecule is COc1ccc2c(c1)CCCC21NC(=O)N(CC(O)COc2ccc(Cl)cc2)C1=O. The number of fused-ring (bicyclic) bond motifs is 2. The van der Waals surface area contributed by atoms with E-state index in [-0.39, 0.29) is 19.1 Å². The van der Waals surface area contributed by atoms with Gasteiger partial charge in [0, 0.05) is 5.02 Å². The number of aliphatic hydroxyl groups excluding tert-OH is 1. The second kappa shape index (κ2) is 8.16. The number of halogens is 1. The fourth-order valence-corrected chi connectivity index (χ4v) is 4.26. The Labute approximate surface area is 179 Å².